The second-order valence-electron chi connectivity index (χ2n) is 8.23. The summed E-state index contributed by atoms with van der Waals surface area (Å²) in [5.41, 5.74) is 1.99. The number of hydrogen-bond donors (Lipinski definition) is 1. The second-order valence-corrected chi connectivity index (χ2v) is 8.23. The highest BCUT2D eigenvalue weighted by atomic mass is 16.5. The van der Waals surface area contributed by atoms with Gasteiger partial charge in [0.25, 0.3) is 5.91 Å². The maximum Gasteiger partial charge on any atom is 0.290 e. The number of ether oxygens (including phenoxy) is 1. The molecule has 1 heterocycles. The number of carbonyl (C=O) groups is 2. The molecule has 6 heteroatoms. The van der Waals surface area contributed by atoms with Gasteiger partial charge in [-0.25, -0.2) is 0 Å². The summed E-state index contributed by atoms with van der Waals surface area (Å²) < 4.78 is 5.64. The molecular formula is C26H32N2O4. The quantitative estimate of drug-likeness (QED) is 0.578. The van der Waals surface area contributed by atoms with Crippen molar-refractivity contribution < 1.29 is 19.4 Å². The molecule has 1 N–H and O–H groups in total. The molecule has 0 aromatic heterocycles. The van der Waals surface area contributed by atoms with Crippen molar-refractivity contribution in [1.29, 1.82) is 0 Å². The molecule has 0 aliphatic carbocycles. The Morgan fingerprint density at radius 3 is 2.56 bits per heavy atom. The van der Waals surface area contributed by atoms with Gasteiger partial charge in [-0.05, 0) is 63.7 Å². The fourth-order valence-corrected chi connectivity index (χ4v) is 4.05. The van der Waals surface area contributed by atoms with Gasteiger partial charge in [0.05, 0.1) is 18.2 Å². The van der Waals surface area contributed by atoms with E-state index in [1.54, 1.807) is 4.90 Å². The average molecular weight is 437 g/mol. The van der Waals surface area contributed by atoms with Gasteiger partial charge < -0.3 is 19.6 Å². The molecule has 1 aliphatic rings. The number of aliphatic hydroxyl groups is 1. The van der Waals surface area contributed by atoms with Gasteiger partial charge in [-0.15, -0.1) is 0 Å². The van der Waals surface area contributed by atoms with Crippen molar-refractivity contribution in [3.63, 3.8) is 0 Å². The molecular weight excluding hydrogens is 404 g/mol. The first-order valence-corrected chi connectivity index (χ1v) is 11.1. The first kappa shape index (κ1) is 23.5. The number of carbonyl (C=O) groups excluding carboxylic acids is 2. The van der Waals surface area contributed by atoms with Crippen LogP contribution in [0.25, 0.3) is 0 Å². The highest BCUT2D eigenvalue weighted by molar-refractivity contribution is 6.09. The summed E-state index contributed by atoms with van der Waals surface area (Å²) in [5.74, 6) is -0.451. The maximum absolute atomic E-state index is 13.3. The summed E-state index contributed by atoms with van der Waals surface area (Å²) in [4.78, 5) is 29.9. The van der Waals surface area contributed by atoms with Crippen LogP contribution in [0.15, 0.2) is 65.9 Å². The Morgan fingerprint density at radius 1 is 1.12 bits per heavy atom. The molecule has 2 aromatic carbocycles. The van der Waals surface area contributed by atoms with Crippen molar-refractivity contribution in [2.24, 2.45) is 0 Å². The van der Waals surface area contributed by atoms with E-state index in [1.807, 2.05) is 80.5 Å². The normalized spacial score (nSPS) is 16.2. The van der Waals surface area contributed by atoms with E-state index in [1.165, 1.54) is 0 Å². The van der Waals surface area contributed by atoms with Gasteiger partial charge in [0.15, 0.2) is 11.5 Å². The SMILES string of the molecule is CCOc1cccc(C2C(C(=O)CCc3ccccc3)=C(O)C(=O)N2CCCN(C)C)c1. The van der Waals surface area contributed by atoms with E-state index in [9.17, 15) is 14.7 Å². The third-order valence-corrected chi connectivity index (χ3v) is 5.58. The number of aryl methyl sites for hydroxylation is 1. The average Bonchev–Trinajstić information content (AvgIpc) is 3.03. The first-order chi connectivity index (χ1) is 15.4. The number of amides is 1. The number of benzene rings is 2. The number of aliphatic hydroxyl groups excluding tert-OH is 1. The molecule has 0 saturated heterocycles. The molecule has 2 aromatic rings. The summed E-state index contributed by atoms with van der Waals surface area (Å²) >= 11 is 0. The van der Waals surface area contributed by atoms with Crippen LogP contribution in [0, 0.1) is 0 Å². The van der Waals surface area contributed by atoms with Crippen LogP contribution < -0.4 is 4.74 Å². The number of hydrogen-bond acceptors (Lipinski definition) is 5. The molecule has 170 valence electrons. The highest BCUT2D eigenvalue weighted by Gasteiger charge is 2.43. The molecule has 0 spiro atoms. The predicted molar refractivity (Wildman–Crippen MR) is 125 cm³/mol. The van der Waals surface area contributed by atoms with Crippen LogP contribution in [0.5, 0.6) is 5.75 Å². The Bertz CT molecular complexity index is 969. The minimum atomic E-state index is -0.617. The van der Waals surface area contributed by atoms with Crippen molar-refractivity contribution in [3.05, 3.63) is 77.1 Å². The summed E-state index contributed by atoms with van der Waals surface area (Å²) in [6, 6.07) is 16.6. The zero-order chi connectivity index (χ0) is 23.1. The molecule has 1 amide bonds. The van der Waals surface area contributed by atoms with Crippen molar-refractivity contribution in [2.75, 3.05) is 33.8 Å². The van der Waals surface area contributed by atoms with Crippen molar-refractivity contribution in [3.8, 4) is 5.75 Å². The third-order valence-electron chi connectivity index (χ3n) is 5.58. The van der Waals surface area contributed by atoms with Crippen molar-refractivity contribution in [1.82, 2.24) is 9.80 Å². The van der Waals surface area contributed by atoms with E-state index < -0.39 is 17.7 Å². The van der Waals surface area contributed by atoms with Crippen molar-refractivity contribution >= 4 is 11.7 Å². The smallest absolute Gasteiger partial charge is 0.290 e. The van der Waals surface area contributed by atoms with E-state index >= 15 is 0 Å². The molecule has 32 heavy (non-hydrogen) atoms. The lowest BCUT2D eigenvalue weighted by Gasteiger charge is -2.27. The van der Waals surface area contributed by atoms with Crippen LogP contribution in [0.4, 0.5) is 0 Å². The largest absolute Gasteiger partial charge is 0.503 e. The molecule has 6 nitrogen and oxygen atoms in total. The third kappa shape index (κ3) is 5.56. The molecule has 1 unspecified atom stereocenters. The van der Waals surface area contributed by atoms with E-state index in [0.717, 1.165) is 24.1 Å². The van der Waals surface area contributed by atoms with E-state index in [2.05, 4.69) is 0 Å². The number of Topliss-reactive ketones (excluding diaryl/α,β-unsaturated/α-hetero) is 1. The minimum Gasteiger partial charge on any atom is -0.503 e. The van der Waals surface area contributed by atoms with Crippen LogP contribution in [0.1, 0.15) is 36.9 Å². The monoisotopic (exact) mass is 436 g/mol. The Labute approximate surface area is 190 Å². The standard InChI is InChI=1S/C26H32N2O4/c1-4-32-21-13-8-12-20(18-21)24-23(22(29)15-14-19-10-6-5-7-11-19)25(30)26(31)28(24)17-9-16-27(2)3/h5-8,10-13,18,24,30H,4,9,14-17H2,1-3H3. The van der Waals surface area contributed by atoms with Gasteiger partial charge in [-0.2, -0.15) is 0 Å². The molecule has 1 atom stereocenters. The van der Waals surface area contributed by atoms with E-state index in [0.29, 0.717) is 25.3 Å². The Hall–Kier alpha value is -3.12. The maximum atomic E-state index is 13.3. The lowest BCUT2D eigenvalue weighted by Crippen LogP contribution is -2.33. The molecule has 3 rings (SSSR count). The first-order valence-electron chi connectivity index (χ1n) is 11.1. The van der Waals surface area contributed by atoms with Gasteiger partial charge in [-0.1, -0.05) is 42.5 Å². The van der Waals surface area contributed by atoms with Gasteiger partial charge in [-0.3, -0.25) is 9.59 Å². The highest BCUT2D eigenvalue weighted by Crippen LogP contribution is 2.39. The van der Waals surface area contributed by atoms with E-state index in [4.69, 9.17) is 4.74 Å². The van der Waals surface area contributed by atoms with Gasteiger partial charge in [0, 0.05) is 13.0 Å². The Balaban J connectivity index is 1.90. The van der Waals surface area contributed by atoms with Crippen LogP contribution in [-0.2, 0) is 16.0 Å². The number of rotatable bonds is 11. The fraction of sp³-hybridized carbons (Fsp3) is 0.385. The van der Waals surface area contributed by atoms with Gasteiger partial charge in [0.2, 0.25) is 0 Å². The zero-order valence-electron chi connectivity index (χ0n) is 19.1. The molecule has 0 fully saturated rings. The van der Waals surface area contributed by atoms with Crippen LogP contribution in [-0.4, -0.2) is 60.4 Å². The molecule has 0 radical (unpaired) electrons. The Morgan fingerprint density at radius 2 is 1.88 bits per heavy atom. The lowest BCUT2D eigenvalue weighted by molar-refractivity contribution is -0.129. The lowest BCUT2D eigenvalue weighted by atomic mass is 9.93. The fourth-order valence-electron chi connectivity index (χ4n) is 4.05. The van der Waals surface area contributed by atoms with E-state index in [-0.39, 0.29) is 17.8 Å². The summed E-state index contributed by atoms with van der Waals surface area (Å²) in [6.07, 6.45) is 1.51. The van der Waals surface area contributed by atoms with Crippen LogP contribution in [0.2, 0.25) is 0 Å². The summed E-state index contributed by atoms with van der Waals surface area (Å²) in [5, 5.41) is 10.7. The summed E-state index contributed by atoms with van der Waals surface area (Å²) in [7, 11) is 3.95. The number of ketones is 1. The van der Waals surface area contributed by atoms with Crippen LogP contribution >= 0.6 is 0 Å². The van der Waals surface area contributed by atoms with Crippen molar-refractivity contribution in [2.45, 2.75) is 32.2 Å². The van der Waals surface area contributed by atoms with Gasteiger partial charge in [0.1, 0.15) is 5.75 Å². The topological polar surface area (TPSA) is 70.1 Å². The van der Waals surface area contributed by atoms with Gasteiger partial charge >= 0.3 is 0 Å². The minimum absolute atomic E-state index is 0.185. The zero-order valence-corrected chi connectivity index (χ0v) is 19.1. The predicted octanol–water partition coefficient (Wildman–Crippen LogP) is 3.93. The second kappa shape index (κ2) is 11.0. The number of nitrogens with zero attached hydrogens (tertiary/aromatic N) is 2. The molecule has 0 bridgehead atoms. The molecule has 0 saturated carbocycles. The Kier molecular flexibility index (Phi) is 8.06. The van der Waals surface area contributed by atoms with Crippen LogP contribution in [0.3, 0.4) is 0 Å². The summed E-state index contributed by atoms with van der Waals surface area (Å²) in [6.45, 7) is 3.67. The molecule has 1 aliphatic heterocycles.